The number of rotatable bonds is 2. The van der Waals surface area contributed by atoms with Crippen molar-refractivity contribution in [1.82, 2.24) is 0 Å². The Bertz CT molecular complexity index is 342. The lowest BCUT2D eigenvalue weighted by molar-refractivity contribution is 0.0853. The maximum Gasteiger partial charge on any atom is 0.0471 e. The molecule has 17 heavy (non-hydrogen) atoms. The summed E-state index contributed by atoms with van der Waals surface area (Å²) < 4.78 is 5.40. The fourth-order valence-electron chi connectivity index (χ4n) is 2.56. The fraction of sp³-hybridized carbons (Fsp3) is 0.571. The lowest BCUT2D eigenvalue weighted by atomic mass is 9.91. The summed E-state index contributed by atoms with van der Waals surface area (Å²) in [5, 5.41) is 0. The average molecular weight is 254 g/mol. The van der Waals surface area contributed by atoms with Gasteiger partial charge in [0.15, 0.2) is 0 Å². The largest absolute Gasteiger partial charge is 0.381 e. The molecule has 2 aliphatic heterocycles. The highest BCUT2D eigenvalue weighted by atomic mass is 35.5. The van der Waals surface area contributed by atoms with Crippen LogP contribution in [-0.2, 0) is 4.74 Å². The minimum atomic E-state index is 0. The number of nitrogens with zero attached hydrogens (tertiary/aromatic N) is 1. The van der Waals surface area contributed by atoms with Gasteiger partial charge in [-0.25, -0.2) is 0 Å². The first-order valence-electron chi connectivity index (χ1n) is 6.36. The van der Waals surface area contributed by atoms with Gasteiger partial charge in [-0.2, -0.15) is 0 Å². The van der Waals surface area contributed by atoms with Crippen LogP contribution in [0.5, 0.6) is 0 Å². The van der Waals surface area contributed by atoms with Crippen LogP contribution in [-0.4, -0.2) is 26.3 Å². The van der Waals surface area contributed by atoms with Crippen LogP contribution in [0.15, 0.2) is 24.3 Å². The summed E-state index contributed by atoms with van der Waals surface area (Å²) in [7, 11) is 0. The molecule has 1 aromatic carbocycles. The summed E-state index contributed by atoms with van der Waals surface area (Å²) in [5.41, 5.74) is 2.88. The summed E-state index contributed by atoms with van der Waals surface area (Å²) >= 11 is 0. The van der Waals surface area contributed by atoms with Crippen LogP contribution in [0.3, 0.4) is 0 Å². The highest BCUT2D eigenvalue weighted by Gasteiger charge is 2.17. The molecule has 94 valence electrons. The fourth-order valence-corrected chi connectivity index (χ4v) is 2.56. The zero-order valence-corrected chi connectivity index (χ0v) is 10.9. The normalized spacial score (nSPS) is 20.6. The summed E-state index contributed by atoms with van der Waals surface area (Å²) in [6, 6.07) is 9.18. The molecule has 2 heterocycles. The molecule has 2 aliphatic rings. The van der Waals surface area contributed by atoms with Crippen molar-refractivity contribution in [3.05, 3.63) is 29.8 Å². The summed E-state index contributed by atoms with van der Waals surface area (Å²) in [6.07, 6.45) is 3.72. The summed E-state index contributed by atoms with van der Waals surface area (Å²) in [6.45, 7) is 4.32. The van der Waals surface area contributed by atoms with E-state index in [9.17, 15) is 0 Å². The lowest BCUT2D eigenvalue weighted by Gasteiger charge is -2.33. The number of hydrogen-bond acceptors (Lipinski definition) is 2. The zero-order chi connectivity index (χ0) is 10.8. The molecular formula is C14H20ClNO. The van der Waals surface area contributed by atoms with E-state index in [4.69, 9.17) is 4.74 Å². The number of hydrogen-bond donors (Lipinski definition) is 0. The highest BCUT2D eigenvalue weighted by molar-refractivity contribution is 5.85. The van der Waals surface area contributed by atoms with E-state index in [-0.39, 0.29) is 12.4 Å². The first-order valence-corrected chi connectivity index (χ1v) is 6.36. The van der Waals surface area contributed by atoms with Crippen LogP contribution in [0.25, 0.3) is 0 Å². The molecule has 0 aliphatic carbocycles. The first kappa shape index (κ1) is 12.7. The summed E-state index contributed by atoms with van der Waals surface area (Å²) in [5.74, 6) is 0.721. The highest BCUT2D eigenvalue weighted by Crippen LogP contribution is 2.29. The Morgan fingerprint density at radius 2 is 1.65 bits per heavy atom. The van der Waals surface area contributed by atoms with Crippen LogP contribution in [0, 0.1) is 0 Å². The van der Waals surface area contributed by atoms with Crippen molar-refractivity contribution in [1.29, 1.82) is 0 Å². The molecule has 3 rings (SSSR count). The third-order valence-electron chi connectivity index (χ3n) is 3.81. The smallest absolute Gasteiger partial charge is 0.0471 e. The van der Waals surface area contributed by atoms with Crippen molar-refractivity contribution in [2.75, 3.05) is 31.2 Å². The lowest BCUT2D eigenvalue weighted by Crippen LogP contribution is -2.36. The van der Waals surface area contributed by atoms with Gasteiger partial charge in [-0.15, -0.1) is 12.4 Å². The predicted octanol–water partition coefficient (Wildman–Crippen LogP) is 3.21. The second-order valence-electron chi connectivity index (χ2n) is 4.82. The molecule has 0 bridgehead atoms. The molecule has 0 saturated carbocycles. The van der Waals surface area contributed by atoms with Gasteiger partial charge in [-0.1, -0.05) is 12.1 Å². The number of benzene rings is 1. The van der Waals surface area contributed by atoms with Gasteiger partial charge in [-0.05, 0) is 42.9 Å². The van der Waals surface area contributed by atoms with Gasteiger partial charge in [-0.3, -0.25) is 0 Å². The van der Waals surface area contributed by atoms with Crippen molar-refractivity contribution in [2.45, 2.75) is 25.2 Å². The van der Waals surface area contributed by atoms with Crippen molar-refractivity contribution in [3.8, 4) is 0 Å². The molecule has 0 amide bonds. The number of anilines is 1. The molecule has 2 fully saturated rings. The van der Waals surface area contributed by atoms with Gasteiger partial charge in [0.1, 0.15) is 0 Å². The monoisotopic (exact) mass is 253 g/mol. The second-order valence-corrected chi connectivity index (χ2v) is 4.82. The molecule has 3 heteroatoms. The molecule has 0 unspecified atom stereocenters. The molecular weight excluding hydrogens is 234 g/mol. The Balaban J connectivity index is 0.00000108. The van der Waals surface area contributed by atoms with Gasteiger partial charge in [0.2, 0.25) is 0 Å². The maximum absolute atomic E-state index is 5.40. The Hall–Kier alpha value is -0.730. The SMILES string of the molecule is Cl.c1cc(N2CCC2)ccc1C1CCOCC1. The Morgan fingerprint density at radius 1 is 1.00 bits per heavy atom. The number of ether oxygens (including phenoxy) is 1. The van der Waals surface area contributed by atoms with Crippen molar-refractivity contribution in [3.63, 3.8) is 0 Å². The molecule has 0 spiro atoms. The maximum atomic E-state index is 5.40. The molecule has 1 aromatic rings. The minimum Gasteiger partial charge on any atom is -0.381 e. The van der Waals surface area contributed by atoms with E-state index in [0.29, 0.717) is 0 Å². The molecule has 0 radical (unpaired) electrons. The third-order valence-corrected chi connectivity index (χ3v) is 3.81. The van der Waals surface area contributed by atoms with E-state index in [1.807, 2.05) is 0 Å². The van der Waals surface area contributed by atoms with Gasteiger partial charge in [0.05, 0.1) is 0 Å². The van der Waals surface area contributed by atoms with Crippen LogP contribution < -0.4 is 4.90 Å². The standard InChI is InChI=1S/C14H19NO.ClH/c1-8-15(9-1)14-4-2-12(3-5-14)13-6-10-16-11-7-13;/h2-5,13H,1,6-11H2;1H. The molecule has 0 N–H and O–H groups in total. The van der Waals surface area contributed by atoms with Crippen LogP contribution in [0.2, 0.25) is 0 Å². The number of halogens is 1. The van der Waals surface area contributed by atoms with Crippen LogP contribution in [0.4, 0.5) is 5.69 Å². The Kier molecular flexibility index (Phi) is 4.30. The van der Waals surface area contributed by atoms with E-state index in [1.54, 1.807) is 0 Å². The third kappa shape index (κ3) is 2.75. The van der Waals surface area contributed by atoms with Gasteiger partial charge < -0.3 is 9.64 Å². The topological polar surface area (TPSA) is 12.5 Å². The zero-order valence-electron chi connectivity index (χ0n) is 10.1. The van der Waals surface area contributed by atoms with Gasteiger partial charge in [0.25, 0.3) is 0 Å². The van der Waals surface area contributed by atoms with E-state index in [0.717, 1.165) is 19.1 Å². The first-order chi connectivity index (χ1) is 7.93. The van der Waals surface area contributed by atoms with Gasteiger partial charge in [0, 0.05) is 32.0 Å². The van der Waals surface area contributed by atoms with Crippen molar-refractivity contribution in [2.24, 2.45) is 0 Å². The Labute approximate surface area is 109 Å². The van der Waals surface area contributed by atoms with E-state index < -0.39 is 0 Å². The Morgan fingerprint density at radius 3 is 2.18 bits per heavy atom. The van der Waals surface area contributed by atoms with E-state index >= 15 is 0 Å². The molecule has 0 aromatic heterocycles. The van der Waals surface area contributed by atoms with Gasteiger partial charge >= 0.3 is 0 Å². The van der Waals surface area contributed by atoms with E-state index in [2.05, 4.69) is 29.2 Å². The molecule has 2 saturated heterocycles. The predicted molar refractivity (Wildman–Crippen MR) is 73.3 cm³/mol. The molecule has 0 atom stereocenters. The minimum absolute atomic E-state index is 0. The molecule has 2 nitrogen and oxygen atoms in total. The van der Waals surface area contributed by atoms with Crippen molar-refractivity contribution >= 4 is 18.1 Å². The summed E-state index contributed by atoms with van der Waals surface area (Å²) in [4.78, 5) is 2.44. The van der Waals surface area contributed by atoms with Crippen LogP contribution in [0.1, 0.15) is 30.7 Å². The van der Waals surface area contributed by atoms with Crippen molar-refractivity contribution < 1.29 is 4.74 Å². The van der Waals surface area contributed by atoms with E-state index in [1.165, 1.54) is 43.6 Å². The average Bonchev–Trinajstić information content (AvgIpc) is 2.29. The second kappa shape index (κ2) is 5.74. The quantitative estimate of drug-likeness (QED) is 0.803. The van der Waals surface area contributed by atoms with Crippen LogP contribution >= 0.6 is 12.4 Å².